The molecular formula is C20H31ClN5O9P. The van der Waals surface area contributed by atoms with Gasteiger partial charge in [0, 0.05) is 12.6 Å². The molecule has 202 valence electrons. The topological polar surface area (TPSA) is 202 Å². The number of aromatic nitrogens is 4. The summed E-state index contributed by atoms with van der Waals surface area (Å²) < 4.78 is 29.6. The fourth-order valence-electron chi connectivity index (χ4n) is 4.42. The molecule has 0 aromatic carbocycles. The van der Waals surface area contributed by atoms with Gasteiger partial charge in [0.2, 0.25) is 10.6 Å². The lowest BCUT2D eigenvalue weighted by Gasteiger charge is -2.33. The van der Waals surface area contributed by atoms with E-state index in [-0.39, 0.29) is 23.6 Å². The van der Waals surface area contributed by atoms with Crippen LogP contribution in [0.2, 0.25) is 5.28 Å². The van der Waals surface area contributed by atoms with Crippen molar-refractivity contribution in [3.05, 3.63) is 11.5 Å². The average molecular weight is 552 g/mol. The van der Waals surface area contributed by atoms with E-state index >= 15 is 0 Å². The molecule has 1 saturated carbocycles. The van der Waals surface area contributed by atoms with Gasteiger partial charge < -0.3 is 44.6 Å². The first-order valence-corrected chi connectivity index (χ1v) is 13.7. The summed E-state index contributed by atoms with van der Waals surface area (Å²) in [5, 5.41) is 36.8. The van der Waals surface area contributed by atoms with Crippen LogP contribution < -0.4 is 5.32 Å². The van der Waals surface area contributed by atoms with E-state index < -0.39 is 57.3 Å². The summed E-state index contributed by atoms with van der Waals surface area (Å²) in [6, 6.07) is 0.247. The van der Waals surface area contributed by atoms with Crippen molar-refractivity contribution in [3.8, 4) is 0 Å². The summed E-state index contributed by atoms with van der Waals surface area (Å²) in [6.45, 7) is -0.442. The Morgan fingerprint density at radius 2 is 2.00 bits per heavy atom. The average Bonchev–Trinajstić information content (AvgIpc) is 3.55. The second-order valence-electron chi connectivity index (χ2n) is 8.94. The van der Waals surface area contributed by atoms with E-state index in [0.29, 0.717) is 11.2 Å². The van der Waals surface area contributed by atoms with Crippen LogP contribution in [0.1, 0.15) is 38.8 Å². The fourth-order valence-corrected chi connectivity index (χ4v) is 5.27. The zero-order valence-corrected chi connectivity index (χ0v) is 21.3. The number of hydrogen-bond donors (Lipinski definition) is 6. The molecule has 36 heavy (non-hydrogen) atoms. The van der Waals surface area contributed by atoms with E-state index in [1.54, 1.807) is 6.92 Å². The molecule has 0 bridgehead atoms. The zero-order chi connectivity index (χ0) is 26.1. The highest BCUT2D eigenvalue weighted by atomic mass is 35.5. The number of hydrogen-bond acceptors (Lipinski definition) is 11. The Morgan fingerprint density at radius 1 is 1.28 bits per heavy atom. The molecular weight excluding hydrogens is 521 g/mol. The fraction of sp³-hybridized carbons (Fsp3) is 0.750. The molecule has 4 rings (SSSR count). The third-order valence-electron chi connectivity index (χ3n) is 6.53. The van der Waals surface area contributed by atoms with Crippen LogP contribution in [0.3, 0.4) is 0 Å². The number of aliphatic hydroxyl groups is 3. The van der Waals surface area contributed by atoms with Crippen LogP contribution >= 0.6 is 19.2 Å². The van der Waals surface area contributed by atoms with Crippen LogP contribution in [-0.2, 0) is 18.8 Å². The van der Waals surface area contributed by atoms with Gasteiger partial charge in [-0.2, -0.15) is 15.1 Å². The van der Waals surface area contributed by atoms with E-state index in [0.717, 1.165) is 25.7 Å². The Bertz CT molecular complexity index is 1100. The van der Waals surface area contributed by atoms with Crippen molar-refractivity contribution in [2.75, 3.05) is 31.7 Å². The van der Waals surface area contributed by atoms with Crippen molar-refractivity contribution in [1.82, 2.24) is 19.7 Å². The maximum atomic E-state index is 12.1. The Balaban J connectivity index is 1.54. The number of aliphatic hydroxyl groups excluding tert-OH is 3. The number of halogens is 1. The number of nitrogens with zero attached hydrogens (tertiary/aromatic N) is 4. The van der Waals surface area contributed by atoms with Gasteiger partial charge in [0.1, 0.15) is 24.1 Å². The van der Waals surface area contributed by atoms with Crippen molar-refractivity contribution in [2.24, 2.45) is 0 Å². The summed E-state index contributed by atoms with van der Waals surface area (Å²) in [6.07, 6.45) is 0.348. The van der Waals surface area contributed by atoms with Gasteiger partial charge >= 0.3 is 7.60 Å². The highest BCUT2D eigenvalue weighted by molar-refractivity contribution is 7.53. The van der Waals surface area contributed by atoms with Gasteiger partial charge in [0.25, 0.3) is 0 Å². The summed E-state index contributed by atoms with van der Waals surface area (Å²) in [5.74, 6) is 0.501. The first-order valence-electron chi connectivity index (χ1n) is 11.7. The zero-order valence-electron chi connectivity index (χ0n) is 19.6. The van der Waals surface area contributed by atoms with Crippen molar-refractivity contribution >= 4 is 36.0 Å². The molecule has 2 fully saturated rings. The number of ether oxygens (including phenoxy) is 3. The minimum absolute atomic E-state index is 0.0389. The highest BCUT2D eigenvalue weighted by Gasteiger charge is 2.51. The Kier molecular flexibility index (Phi) is 8.52. The molecule has 1 saturated heterocycles. The molecule has 1 aliphatic carbocycles. The summed E-state index contributed by atoms with van der Waals surface area (Å²) in [4.78, 5) is 28.0. The molecule has 2 aromatic heterocycles. The monoisotopic (exact) mass is 551 g/mol. The molecule has 2 aliphatic rings. The lowest BCUT2D eigenvalue weighted by Crippen LogP contribution is -2.45. The van der Waals surface area contributed by atoms with Crippen molar-refractivity contribution in [1.29, 1.82) is 0 Å². The molecule has 1 unspecified atom stereocenters. The second-order valence-corrected chi connectivity index (χ2v) is 11.2. The van der Waals surface area contributed by atoms with E-state index in [2.05, 4.69) is 20.4 Å². The lowest BCUT2D eigenvalue weighted by molar-refractivity contribution is -0.128. The van der Waals surface area contributed by atoms with Crippen LogP contribution in [0.15, 0.2) is 6.20 Å². The number of nitrogens with one attached hydrogen (secondary N) is 1. The molecule has 0 amide bonds. The second kappa shape index (κ2) is 11.1. The molecule has 2 aromatic rings. The van der Waals surface area contributed by atoms with Crippen molar-refractivity contribution in [3.63, 3.8) is 0 Å². The van der Waals surface area contributed by atoms with Crippen molar-refractivity contribution in [2.45, 2.75) is 68.5 Å². The quantitative estimate of drug-likeness (QED) is 0.165. The van der Waals surface area contributed by atoms with Gasteiger partial charge in [-0.25, -0.2) is 4.68 Å². The van der Waals surface area contributed by atoms with E-state index in [4.69, 9.17) is 25.8 Å². The van der Waals surface area contributed by atoms with E-state index in [1.807, 2.05) is 0 Å². The Labute approximate surface area is 211 Å². The number of rotatable bonds is 11. The molecule has 5 atom stereocenters. The Hall–Kier alpha value is -1.45. The van der Waals surface area contributed by atoms with E-state index in [9.17, 15) is 29.7 Å². The van der Waals surface area contributed by atoms with Gasteiger partial charge in [-0.3, -0.25) is 4.57 Å². The van der Waals surface area contributed by atoms with Crippen LogP contribution in [-0.4, -0.2) is 101 Å². The van der Waals surface area contributed by atoms with Crippen LogP contribution in [0.4, 0.5) is 5.82 Å². The first-order chi connectivity index (χ1) is 17.1. The van der Waals surface area contributed by atoms with Gasteiger partial charge in [0.15, 0.2) is 11.9 Å². The number of anilines is 1. The molecule has 3 heterocycles. The molecule has 1 aliphatic heterocycles. The van der Waals surface area contributed by atoms with Gasteiger partial charge in [-0.15, -0.1) is 0 Å². The number of fused-ring (bicyclic) bond motifs is 1. The third-order valence-corrected chi connectivity index (χ3v) is 8.16. The van der Waals surface area contributed by atoms with Gasteiger partial charge in [0.05, 0.1) is 31.4 Å². The molecule has 14 nitrogen and oxygen atoms in total. The van der Waals surface area contributed by atoms with Crippen molar-refractivity contribution < 1.29 is 43.9 Å². The summed E-state index contributed by atoms with van der Waals surface area (Å²) >= 11 is 6.15. The maximum Gasteiger partial charge on any atom is 0.361 e. The normalized spacial score (nSPS) is 27.1. The smallest absolute Gasteiger partial charge is 0.361 e. The third kappa shape index (κ3) is 5.39. The molecule has 6 N–H and O–H groups in total. The summed E-state index contributed by atoms with van der Waals surface area (Å²) in [5.41, 5.74) is 0.268. The highest BCUT2D eigenvalue weighted by Crippen LogP contribution is 2.51. The minimum Gasteiger partial charge on any atom is -0.393 e. The Morgan fingerprint density at radius 3 is 2.64 bits per heavy atom. The summed E-state index contributed by atoms with van der Waals surface area (Å²) in [7, 11) is -5.00. The predicted octanol–water partition coefficient (Wildman–Crippen LogP) is 0.373. The van der Waals surface area contributed by atoms with Crippen LogP contribution in [0.25, 0.3) is 11.0 Å². The minimum atomic E-state index is -5.00. The largest absolute Gasteiger partial charge is 0.393 e. The molecule has 0 spiro atoms. The first kappa shape index (κ1) is 27.6. The van der Waals surface area contributed by atoms with Gasteiger partial charge in [-0.1, -0.05) is 12.8 Å². The predicted molar refractivity (Wildman–Crippen MR) is 126 cm³/mol. The van der Waals surface area contributed by atoms with Crippen LogP contribution in [0.5, 0.6) is 0 Å². The van der Waals surface area contributed by atoms with Gasteiger partial charge in [-0.05, 0) is 31.4 Å². The standard InChI is InChI=1S/C20H31ClN5O9P/c1-2-33-10-20(9-27,36(30,31)32)34-8-13-14(28)15(29)18(35-13)26-17-12(7-22-26)16(24-19(21)25-17)23-11-5-3-4-6-11/h7,11,13-15,18,27-29H,2-6,8-10H2,1H3,(H,23,24,25)(H2,30,31,32)/t13-,14-,15-,18-,20?/m1/s1. The van der Waals surface area contributed by atoms with E-state index in [1.165, 1.54) is 10.9 Å². The van der Waals surface area contributed by atoms with Crippen LogP contribution in [0, 0.1) is 0 Å². The molecule has 16 heteroatoms. The SMILES string of the molecule is CCOCC(CO)(OC[C@H]1O[C@@H](n2ncc3c(NC4CCCC4)nc(Cl)nc32)[C@H](O)[C@@H]1O)P(=O)(O)O. The lowest BCUT2D eigenvalue weighted by atomic mass is 10.1. The maximum absolute atomic E-state index is 12.1. The molecule has 0 radical (unpaired) electrons.